The number of aromatic nitrogens is 1. The van der Waals surface area contributed by atoms with Gasteiger partial charge in [0.05, 0.1) is 16.8 Å². The summed E-state index contributed by atoms with van der Waals surface area (Å²) in [5.74, 6) is -0.637. The molecule has 3 aromatic carbocycles. The van der Waals surface area contributed by atoms with E-state index in [2.05, 4.69) is 5.32 Å². The van der Waals surface area contributed by atoms with E-state index in [0.29, 0.717) is 34.3 Å². The number of para-hydroxylation sites is 1. The summed E-state index contributed by atoms with van der Waals surface area (Å²) in [6, 6.07) is 20.9. The Balaban J connectivity index is 1.96. The van der Waals surface area contributed by atoms with Crippen LogP contribution in [0.15, 0.2) is 77.6 Å². The first kappa shape index (κ1) is 24.9. The summed E-state index contributed by atoms with van der Waals surface area (Å²) in [6.07, 6.45) is 1.62. The molecule has 36 heavy (non-hydrogen) atoms. The van der Waals surface area contributed by atoms with E-state index in [9.17, 15) is 19.2 Å². The van der Waals surface area contributed by atoms with E-state index in [1.165, 1.54) is 28.8 Å². The van der Waals surface area contributed by atoms with Crippen molar-refractivity contribution in [2.45, 2.75) is 6.92 Å². The van der Waals surface area contributed by atoms with E-state index >= 15 is 0 Å². The van der Waals surface area contributed by atoms with E-state index in [4.69, 9.17) is 16.3 Å². The highest BCUT2D eigenvalue weighted by molar-refractivity contribution is 7.07. The van der Waals surface area contributed by atoms with Gasteiger partial charge in [-0.15, -0.1) is 11.3 Å². The lowest BCUT2D eigenvalue weighted by atomic mass is 10.2. The van der Waals surface area contributed by atoms with Gasteiger partial charge in [-0.05, 0) is 67.6 Å². The summed E-state index contributed by atoms with van der Waals surface area (Å²) >= 11 is 7.18. The van der Waals surface area contributed by atoms with Crippen LogP contribution in [0.2, 0.25) is 5.02 Å². The van der Waals surface area contributed by atoms with Crippen molar-refractivity contribution in [3.05, 3.63) is 109 Å². The number of ether oxygens (including phenoxy) is 1. The number of nitriles is 1. The Kier molecular flexibility index (Phi) is 7.64. The van der Waals surface area contributed by atoms with Crippen molar-refractivity contribution >= 4 is 46.2 Å². The molecule has 0 unspecified atom stereocenters. The number of nitrogens with zero attached hydrogens (tertiary/aromatic N) is 2. The molecule has 0 radical (unpaired) electrons. The lowest BCUT2D eigenvalue weighted by Crippen LogP contribution is -2.32. The molecule has 9 heteroatoms. The maximum absolute atomic E-state index is 13.6. The largest absolute Gasteiger partial charge is 0.493 e. The molecule has 0 fully saturated rings. The van der Waals surface area contributed by atoms with Gasteiger partial charge < -0.3 is 10.1 Å². The van der Waals surface area contributed by atoms with Crippen molar-refractivity contribution in [3.8, 4) is 17.5 Å². The number of halogens is 2. The molecule has 0 aliphatic carbocycles. The SMILES string of the molecule is CCOc1ccc(Cl)cc1C=c1sc(=C(C#N)C(=O)Nc2ccc(F)cc2)n(-c2ccccc2)c1=O. The van der Waals surface area contributed by atoms with E-state index in [1.807, 2.05) is 13.0 Å². The zero-order valence-electron chi connectivity index (χ0n) is 19.0. The Bertz CT molecular complexity index is 1640. The number of anilines is 1. The predicted molar refractivity (Wildman–Crippen MR) is 139 cm³/mol. The molecule has 0 aliphatic heterocycles. The monoisotopic (exact) mass is 519 g/mol. The minimum Gasteiger partial charge on any atom is -0.493 e. The minimum absolute atomic E-state index is 0.152. The zero-order chi connectivity index (χ0) is 25.7. The van der Waals surface area contributed by atoms with Crippen LogP contribution >= 0.6 is 22.9 Å². The Hall–Kier alpha value is -4.19. The number of carbonyl (C=O) groups is 1. The van der Waals surface area contributed by atoms with Crippen LogP contribution in [0.5, 0.6) is 5.75 Å². The number of carbonyl (C=O) groups excluding carboxylic acids is 1. The number of benzene rings is 3. The van der Waals surface area contributed by atoms with E-state index in [-0.39, 0.29) is 14.8 Å². The predicted octanol–water partition coefficient (Wildman–Crippen LogP) is 4.23. The highest BCUT2D eigenvalue weighted by atomic mass is 35.5. The Morgan fingerprint density at radius 1 is 1.17 bits per heavy atom. The minimum atomic E-state index is -0.723. The zero-order valence-corrected chi connectivity index (χ0v) is 20.6. The average Bonchev–Trinajstić information content (AvgIpc) is 3.18. The molecule has 0 bridgehead atoms. The van der Waals surface area contributed by atoms with E-state index < -0.39 is 17.3 Å². The van der Waals surface area contributed by atoms with Gasteiger partial charge in [0.15, 0.2) is 5.57 Å². The molecule has 0 saturated heterocycles. The third-order valence-electron chi connectivity index (χ3n) is 5.05. The Morgan fingerprint density at radius 3 is 2.56 bits per heavy atom. The Morgan fingerprint density at radius 2 is 1.89 bits per heavy atom. The number of thiazole rings is 1. The quantitative estimate of drug-likeness (QED) is 0.413. The molecule has 1 N–H and O–H groups in total. The van der Waals surface area contributed by atoms with Gasteiger partial charge in [-0.25, -0.2) is 4.39 Å². The van der Waals surface area contributed by atoms with Gasteiger partial charge in [-0.2, -0.15) is 5.26 Å². The fourth-order valence-corrected chi connectivity index (χ4v) is 4.72. The number of nitrogens with one attached hydrogen (secondary N) is 1. The molecule has 1 amide bonds. The second-order valence-electron chi connectivity index (χ2n) is 7.45. The maximum Gasteiger partial charge on any atom is 0.273 e. The van der Waals surface area contributed by atoms with Crippen molar-refractivity contribution in [1.82, 2.24) is 4.57 Å². The second kappa shape index (κ2) is 11.0. The molecule has 0 aliphatic rings. The average molecular weight is 520 g/mol. The first-order valence-corrected chi connectivity index (χ1v) is 12.0. The number of hydrogen-bond donors (Lipinski definition) is 1. The van der Waals surface area contributed by atoms with Crippen LogP contribution < -0.4 is 24.8 Å². The summed E-state index contributed by atoms with van der Waals surface area (Å²) in [5.41, 5.74) is 0.717. The first-order chi connectivity index (χ1) is 17.4. The van der Waals surface area contributed by atoms with Crippen LogP contribution in [0.3, 0.4) is 0 Å². The van der Waals surface area contributed by atoms with Gasteiger partial charge >= 0.3 is 0 Å². The standard InChI is InChI=1S/C27H19ClFN3O3S/c1-2-35-23-13-8-18(28)14-17(23)15-24-26(34)32(21-6-4-3-5-7-21)27(36-24)22(16-30)25(33)31-20-11-9-19(29)10-12-20/h3-15H,2H2,1H3,(H,31,33). The van der Waals surface area contributed by atoms with Crippen LogP contribution in [0.25, 0.3) is 17.3 Å². The van der Waals surface area contributed by atoms with Crippen molar-refractivity contribution in [2.75, 3.05) is 11.9 Å². The van der Waals surface area contributed by atoms with E-state index in [1.54, 1.807) is 54.6 Å². The molecule has 4 aromatic rings. The summed E-state index contributed by atoms with van der Waals surface area (Å²) in [7, 11) is 0. The molecule has 6 nitrogen and oxygen atoms in total. The van der Waals surface area contributed by atoms with Gasteiger partial charge in [-0.1, -0.05) is 29.8 Å². The topological polar surface area (TPSA) is 84.1 Å². The molecule has 0 saturated carbocycles. The fourth-order valence-electron chi connectivity index (χ4n) is 3.44. The first-order valence-electron chi connectivity index (χ1n) is 10.8. The molecule has 0 spiro atoms. The van der Waals surface area contributed by atoms with Crippen molar-refractivity contribution in [1.29, 1.82) is 5.26 Å². The molecule has 4 rings (SSSR count). The van der Waals surface area contributed by atoms with Gasteiger partial charge in [0, 0.05) is 16.3 Å². The van der Waals surface area contributed by atoms with Gasteiger partial charge in [-0.3, -0.25) is 14.2 Å². The lowest BCUT2D eigenvalue weighted by molar-refractivity contribution is -0.111. The number of amides is 1. The summed E-state index contributed by atoms with van der Waals surface area (Å²) in [4.78, 5) is 26.6. The second-order valence-corrected chi connectivity index (χ2v) is 8.92. The highest BCUT2D eigenvalue weighted by Crippen LogP contribution is 2.23. The maximum atomic E-state index is 13.6. The number of rotatable bonds is 6. The number of hydrogen-bond acceptors (Lipinski definition) is 5. The molecular formula is C27H19ClFN3O3S. The third kappa shape index (κ3) is 5.38. The third-order valence-corrected chi connectivity index (χ3v) is 6.38. The van der Waals surface area contributed by atoms with Gasteiger partial charge in [0.1, 0.15) is 22.3 Å². The normalized spacial score (nSPS) is 12.1. The highest BCUT2D eigenvalue weighted by Gasteiger charge is 2.17. The lowest BCUT2D eigenvalue weighted by Gasteiger charge is -2.06. The van der Waals surface area contributed by atoms with Crippen LogP contribution in [0.1, 0.15) is 12.5 Å². The van der Waals surface area contributed by atoms with Crippen LogP contribution in [0, 0.1) is 17.1 Å². The van der Waals surface area contributed by atoms with Crippen LogP contribution in [-0.4, -0.2) is 17.1 Å². The fraction of sp³-hybridized carbons (Fsp3) is 0.0741. The molecule has 180 valence electrons. The molecule has 0 atom stereocenters. The van der Waals surface area contributed by atoms with Crippen molar-refractivity contribution in [2.24, 2.45) is 0 Å². The smallest absolute Gasteiger partial charge is 0.273 e. The van der Waals surface area contributed by atoms with Gasteiger partial charge in [0.2, 0.25) is 0 Å². The molecular weight excluding hydrogens is 501 g/mol. The van der Waals surface area contributed by atoms with Crippen molar-refractivity contribution < 1.29 is 13.9 Å². The molecule has 1 aromatic heterocycles. The van der Waals surface area contributed by atoms with E-state index in [0.717, 1.165) is 11.3 Å². The summed E-state index contributed by atoms with van der Waals surface area (Å²) < 4.78 is 20.7. The molecule has 1 heterocycles. The van der Waals surface area contributed by atoms with Crippen LogP contribution in [0.4, 0.5) is 10.1 Å². The van der Waals surface area contributed by atoms with Gasteiger partial charge in [0.25, 0.3) is 11.5 Å². The Labute approximate surface area is 214 Å². The van der Waals surface area contributed by atoms with Crippen LogP contribution in [-0.2, 0) is 4.79 Å². The summed E-state index contributed by atoms with van der Waals surface area (Å²) in [5, 5.41) is 13.0. The summed E-state index contributed by atoms with van der Waals surface area (Å²) in [6.45, 7) is 2.26. The van der Waals surface area contributed by atoms with Crippen molar-refractivity contribution in [3.63, 3.8) is 0 Å².